The average Bonchev–Trinajstić information content (AvgIpc) is 3.17. The zero-order valence-electron chi connectivity index (χ0n) is 14.2. The van der Waals surface area contributed by atoms with Gasteiger partial charge in [0.1, 0.15) is 0 Å². The van der Waals surface area contributed by atoms with Crippen molar-refractivity contribution in [2.24, 2.45) is 0 Å². The van der Waals surface area contributed by atoms with Gasteiger partial charge >= 0.3 is 0 Å². The smallest absolute Gasteiger partial charge is 0.0967 e. The van der Waals surface area contributed by atoms with Gasteiger partial charge < -0.3 is 4.74 Å². The summed E-state index contributed by atoms with van der Waals surface area (Å²) in [5.41, 5.74) is 3.75. The van der Waals surface area contributed by atoms with E-state index in [4.69, 9.17) is 4.74 Å². The van der Waals surface area contributed by atoms with Crippen molar-refractivity contribution in [2.75, 3.05) is 19.7 Å². The van der Waals surface area contributed by atoms with Crippen molar-refractivity contribution >= 4 is 0 Å². The van der Waals surface area contributed by atoms with E-state index in [0.29, 0.717) is 0 Å². The van der Waals surface area contributed by atoms with Gasteiger partial charge in [0.25, 0.3) is 0 Å². The van der Waals surface area contributed by atoms with Crippen molar-refractivity contribution in [2.45, 2.75) is 19.2 Å². The maximum absolute atomic E-state index is 5.92. The molecule has 0 N–H and O–H groups in total. The Labute approximate surface area is 147 Å². The van der Waals surface area contributed by atoms with E-state index >= 15 is 0 Å². The molecule has 1 fully saturated rings. The molecule has 0 saturated carbocycles. The van der Waals surface area contributed by atoms with E-state index in [2.05, 4.69) is 45.3 Å². The summed E-state index contributed by atoms with van der Waals surface area (Å²) in [6.07, 6.45) is 7.61. The molecule has 0 radical (unpaired) electrons. The third-order valence-corrected chi connectivity index (χ3v) is 4.54. The second-order valence-electron chi connectivity index (χ2n) is 6.40. The predicted molar refractivity (Wildman–Crippen MR) is 96.0 cm³/mol. The minimum atomic E-state index is 0.113. The molecule has 2 aromatic heterocycles. The van der Waals surface area contributed by atoms with Gasteiger partial charge in [-0.05, 0) is 23.3 Å². The molecule has 1 aliphatic rings. The second-order valence-corrected chi connectivity index (χ2v) is 6.40. The van der Waals surface area contributed by atoms with Crippen molar-refractivity contribution < 1.29 is 4.74 Å². The van der Waals surface area contributed by atoms with Crippen LogP contribution < -0.4 is 0 Å². The second kappa shape index (κ2) is 7.59. The molecule has 4 rings (SSSR count). The number of ether oxygens (including phenoxy) is 1. The Hall–Kier alpha value is -2.50. The van der Waals surface area contributed by atoms with Crippen LogP contribution in [0.15, 0.2) is 67.3 Å². The Morgan fingerprint density at radius 1 is 1.00 bits per heavy atom. The standard InChI is InChI=1S/C20H22N4O/c1-3-19(13-21-8-1)20-16-23(11-12-25-20)14-17-4-6-18(7-5-17)15-24-10-2-9-22-24/h1-10,13,20H,11-12,14-16H2. The molecule has 5 nitrogen and oxygen atoms in total. The number of morpholine rings is 1. The highest BCUT2D eigenvalue weighted by Gasteiger charge is 2.22. The van der Waals surface area contributed by atoms with Crippen LogP contribution in [0.5, 0.6) is 0 Å². The summed E-state index contributed by atoms with van der Waals surface area (Å²) >= 11 is 0. The van der Waals surface area contributed by atoms with Crippen LogP contribution in [0.4, 0.5) is 0 Å². The van der Waals surface area contributed by atoms with Crippen molar-refractivity contribution in [3.63, 3.8) is 0 Å². The molecular weight excluding hydrogens is 312 g/mol. The predicted octanol–water partition coefficient (Wildman–Crippen LogP) is 2.90. The van der Waals surface area contributed by atoms with Gasteiger partial charge in [0.2, 0.25) is 0 Å². The first-order valence-electron chi connectivity index (χ1n) is 8.66. The number of benzene rings is 1. The molecule has 3 heterocycles. The van der Waals surface area contributed by atoms with E-state index in [-0.39, 0.29) is 6.10 Å². The molecule has 1 atom stereocenters. The van der Waals surface area contributed by atoms with Crippen LogP contribution >= 0.6 is 0 Å². The van der Waals surface area contributed by atoms with Crippen LogP contribution in [-0.4, -0.2) is 39.4 Å². The SMILES string of the molecule is c1cncc(C2CN(Cc3ccc(Cn4cccn4)cc3)CCO2)c1. The number of hydrogen-bond acceptors (Lipinski definition) is 4. The molecule has 5 heteroatoms. The van der Waals surface area contributed by atoms with E-state index in [9.17, 15) is 0 Å². The third kappa shape index (κ3) is 4.13. The van der Waals surface area contributed by atoms with Crippen LogP contribution in [0.1, 0.15) is 22.8 Å². The van der Waals surface area contributed by atoms with E-state index in [1.165, 1.54) is 11.1 Å². The molecule has 1 unspecified atom stereocenters. The van der Waals surface area contributed by atoms with Crippen LogP contribution in [0.3, 0.4) is 0 Å². The number of nitrogens with zero attached hydrogens (tertiary/aromatic N) is 4. The Bertz CT molecular complexity index is 771. The topological polar surface area (TPSA) is 43.2 Å². The summed E-state index contributed by atoms with van der Waals surface area (Å²) in [6.45, 7) is 4.39. The first-order valence-corrected chi connectivity index (χ1v) is 8.66. The molecule has 0 aliphatic carbocycles. The summed E-state index contributed by atoms with van der Waals surface area (Å²) < 4.78 is 7.86. The summed E-state index contributed by atoms with van der Waals surface area (Å²) in [7, 11) is 0. The van der Waals surface area contributed by atoms with Gasteiger partial charge in [0.05, 0.1) is 19.3 Å². The molecule has 3 aromatic rings. The molecule has 0 amide bonds. The van der Waals surface area contributed by atoms with Gasteiger partial charge in [-0.1, -0.05) is 30.3 Å². The summed E-state index contributed by atoms with van der Waals surface area (Å²) in [6, 6.07) is 14.8. The summed E-state index contributed by atoms with van der Waals surface area (Å²) in [5, 5.41) is 4.25. The molecule has 1 aromatic carbocycles. The van der Waals surface area contributed by atoms with E-state index in [1.807, 2.05) is 35.4 Å². The molecule has 25 heavy (non-hydrogen) atoms. The summed E-state index contributed by atoms with van der Waals surface area (Å²) in [5.74, 6) is 0. The van der Waals surface area contributed by atoms with Gasteiger partial charge in [-0.25, -0.2) is 0 Å². The zero-order valence-corrected chi connectivity index (χ0v) is 14.2. The van der Waals surface area contributed by atoms with Gasteiger partial charge in [0.15, 0.2) is 0 Å². The van der Waals surface area contributed by atoms with E-state index in [1.54, 1.807) is 6.20 Å². The quantitative estimate of drug-likeness (QED) is 0.720. The Morgan fingerprint density at radius 2 is 1.84 bits per heavy atom. The first kappa shape index (κ1) is 16.0. The first-order chi connectivity index (χ1) is 12.4. The molecule has 1 aliphatic heterocycles. The third-order valence-electron chi connectivity index (χ3n) is 4.54. The van der Waals surface area contributed by atoms with Crippen LogP contribution in [0.2, 0.25) is 0 Å². The van der Waals surface area contributed by atoms with Crippen LogP contribution in [-0.2, 0) is 17.8 Å². The van der Waals surface area contributed by atoms with Crippen molar-refractivity contribution in [1.82, 2.24) is 19.7 Å². The lowest BCUT2D eigenvalue weighted by Crippen LogP contribution is -2.37. The van der Waals surface area contributed by atoms with Gasteiger partial charge in [-0.2, -0.15) is 5.10 Å². The zero-order chi connectivity index (χ0) is 16.9. The summed E-state index contributed by atoms with van der Waals surface area (Å²) in [4.78, 5) is 6.65. The molecule has 0 spiro atoms. The van der Waals surface area contributed by atoms with Crippen molar-refractivity contribution in [3.8, 4) is 0 Å². The van der Waals surface area contributed by atoms with Gasteiger partial charge in [-0.15, -0.1) is 0 Å². The van der Waals surface area contributed by atoms with Crippen molar-refractivity contribution in [3.05, 3.63) is 83.9 Å². The highest BCUT2D eigenvalue weighted by molar-refractivity contribution is 5.23. The van der Waals surface area contributed by atoms with E-state index < -0.39 is 0 Å². The van der Waals surface area contributed by atoms with Gasteiger partial charge in [0, 0.05) is 50.0 Å². The normalized spacial score (nSPS) is 18.3. The Morgan fingerprint density at radius 3 is 2.56 bits per heavy atom. The highest BCUT2D eigenvalue weighted by Crippen LogP contribution is 2.22. The van der Waals surface area contributed by atoms with Crippen molar-refractivity contribution in [1.29, 1.82) is 0 Å². The Kier molecular flexibility index (Phi) is 4.86. The van der Waals surface area contributed by atoms with Crippen LogP contribution in [0.25, 0.3) is 0 Å². The molecular formula is C20H22N4O. The average molecular weight is 334 g/mol. The van der Waals surface area contributed by atoms with Crippen LogP contribution in [0, 0.1) is 0 Å². The molecule has 1 saturated heterocycles. The fraction of sp³-hybridized carbons (Fsp3) is 0.300. The number of pyridine rings is 1. The minimum absolute atomic E-state index is 0.113. The lowest BCUT2D eigenvalue weighted by atomic mass is 10.1. The Balaban J connectivity index is 1.36. The minimum Gasteiger partial charge on any atom is -0.371 e. The van der Waals surface area contributed by atoms with E-state index in [0.717, 1.165) is 38.3 Å². The lowest BCUT2D eigenvalue weighted by molar-refractivity contribution is -0.0330. The van der Waals surface area contributed by atoms with Gasteiger partial charge in [-0.3, -0.25) is 14.6 Å². The largest absolute Gasteiger partial charge is 0.371 e. The molecule has 0 bridgehead atoms. The number of aromatic nitrogens is 3. The molecule has 128 valence electrons. The maximum Gasteiger partial charge on any atom is 0.0967 e. The monoisotopic (exact) mass is 334 g/mol. The number of rotatable bonds is 5. The fourth-order valence-electron chi connectivity index (χ4n) is 3.20. The maximum atomic E-state index is 5.92. The highest BCUT2D eigenvalue weighted by atomic mass is 16.5. The fourth-order valence-corrected chi connectivity index (χ4v) is 3.20. The number of hydrogen-bond donors (Lipinski definition) is 0. The lowest BCUT2D eigenvalue weighted by Gasteiger charge is -2.33.